The van der Waals surface area contributed by atoms with Gasteiger partial charge >= 0.3 is 0 Å². The topological polar surface area (TPSA) is 38.7 Å². The summed E-state index contributed by atoms with van der Waals surface area (Å²) in [5.74, 6) is 0.893. The van der Waals surface area contributed by atoms with Gasteiger partial charge in [0.2, 0.25) is 0 Å². The Kier molecular flexibility index (Phi) is 8.88. The third-order valence-electron chi connectivity index (χ3n) is 5.25. The summed E-state index contributed by atoms with van der Waals surface area (Å²) in [7, 11) is 2.12. The Morgan fingerprint density at radius 3 is 2.57 bits per heavy atom. The van der Waals surface area contributed by atoms with E-state index in [-0.39, 0.29) is 12.3 Å². The van der Waals surface area contributed by atoms with Crippen LogP contribution in [0.15, 0.2) is 24.9 Å². The van der Waals surface area contributed by atoms with Crippen molar-refractivity contribution in [3.63, 3.8) is 0 Å². The summed E-state index contributed by atoms with van der Waals surface area (Å²) in [6.07, 6.45) is 7.94. The van der Waals surface area contributed by atoms with E-state index in [1.807, 2.05) is 6.08 Å². The summed E-state index contributed by atoms with van der Waals surface area (Å²) in [5.41, 5.74) is 1.15. The van der Waals surface area contributed by atoms with E-state index in [1.165, 1.54) is 19.4 Å². The molecule has 0 radical (unpaired) electrons. The fourth-order valence-corrected chi connectivity index (χ4v) is 3.44. The van der Waals surface area contributed by atoms with Gasteiger partial charge in [-0.1, -0.05) is 27.0 Å². The van der Waals surface area contributed by atoms with Crippen LogP contribution >= 0.6 is 0 Å². The molecule has 1 aliphatic rings. The number of nitrogens with one attached hydrogen (secondary N) is 1. The van der Waals surface area contributed by atoms with Crippen molar-refractivity contribution in [2.75, 3.05) is 40.0 Å². The van der Waals surface area contributed by atoms with Crippen LogP contribution in [0.4, 0.5) is 0 Å². The molecule has 4 nitrogen and oxygen atoms in total. The first kappa shape index (κ1) is 20.2. The number of rotatable bonds is 14. The monoisotopic (exact) mass is 323 g/mol. The molecule has 0 saturated heterocycles. The Balaban J connectivity index is 2.83. The van der Waals surface area contributed by atoms with Crippen molar-refractivity contribution in [2.45, 2.75) is 51.5 Å². The average molecular weight is 324 g/mol. The van der Waals surface area contributed by atoms with Crippen LogP contribution in [0.5, 0.6) is 0 Å². The molecule has 2 N–H and O–H groups in total. The van der Waals surface area contributed by atoms with Gasteiger partial charge in [-0.15, -0.1) is 0 Å². The fourth-order valence-electron chi connectivity index (χ4n) is 3.44. The molecule has 23 heavy (non-hydrogen) atoms. The number of aliphatic hydroxyl groups excluding tert-OH is 1. The van der Waals surface area contributed by atoms with Gasteiger partial charge in [-0.25, -0.2) is 0 Å². The first-order chi connectivity index (χ1) is 11.0. The Morgan fingerprint density at radius 2 is 2.09 bits per heavy atom. The van der Waals surface area contributed by atoms with Crippen molar-refractivity contribution in [1.82, 2.24) is 15.1 Å². The van der Waals surface area contributed by atoms with Gasteiger partial charge < -0.3 is 10.0 Å². The normalized spacial score (nSPS) is 17.1. The molecular formula is C19H37N3O. The van der Waals surface area contributed by atoms with Crippen LogP contribution in [0.1, 0.15) is 46.0 Å². The number of aliphatic hydroxyl groups is 1. The first-order valence-electron chi connectivity index (χ1n) is 9.12. The van der Waals surface area contributed by atoms with E-state index >= 15 is 0 Å². The molecule has 0 aromatic rings. The highest BCUT2D eigenvalue weighted by atomic mass is 16.3. The molecular weight excluding hydrogens is 286 g/mol. The summed E-state index contributed by atoms with van der Waals surface area (Å²) < 4.78 is 0. The third-order valence-corrected chi connectivity index (χ3v) is 5.25. The van der Waals surface area contributed by atoms with Gasteiger partial charge in [0.25, 0.3) is 0 Å². The molecule has 0 heterocycles. The van der Waals surface area contributed by atoms with Gasteiger partial charge in [0, 0.05) is 31.4 Å². The maximum Gasteiger partial charge on any atom is 0.0931 e. The van der Waals surface area contributed by atoms with E-state index in [4.69, 9.17) is 5.11 Å². The lowest BCUT2D eigenvalue weighted by atomic mass is 9.86. The van der Waals surface area contributed by atoms with Gasteiger partial charge in [-0.05, 0) is 57.2 Å². The lowest BCUT2D eigenvalue weighted by molar-refractivity contribution is 0.0490. The molecule has 1 aliphatic carbocycles. The van der Waals surface area contributed by atoms with Gasteiger partial charge in [0.15, 0.2) is 0 Å². The molecule has 0 aliphatic heterocycles. The fraction of sp³-hybridized carbons (Fsp3) is 0.789. The van der Waals surface area contributed by atoms with Gasteiger partial charge in [-0.3, -0.25) is 10.2 Å². The molecule has 0 aromatic carbocycles. The van der Waals surface area contributed by atoms with Crippen molar-refractivity contribution in [3.8, 4) is 0 Å². The average Bonchev–Trinajstić information content (AvgIpc) is 3.38. The van der Waals surface area contributed by atoms with E-state index < -0.39 is 0 Å². The Hall–Kier alpha value is -0.840. The standard InChI is InChI=1S/C19H37N3O/c1-6-17(4)21(5)15-19(7-2,12-9-13-20-16-23)22(8-3)14-18-10-11-18/h6,18,20,23H,1,4,7-16H2,2-3,5H3. The maximum atomic E-state index is 8.93. The molecule has 134 valence electrons. The summed E-state index contributed by atoms with van der Waals surface area (Å²) in [4.78, 5) is 4.93. The minimum Gasteiger partial charge on any atom is -0.381 e. The molecule has 0 aromatic heterocycles. The van der Waals surface area contributed by atoms with Crippen molar-refractivity contribution in [1.29, 1.82) is 0 Å². The number of likely N-dealkylation sites (N-methyl/N-ethyl adjacent to an activating group) is 2. The Labute approximate surface area is 143 Å². The second-order valence-corrected chi connectivity index (χ2v) is 6.87. The second-order valence-electron chi connectivity index (χ2n) is 6.87. The summed E-state index contributed by atoms with van der Waals surface area (Å²) in [5, 5.41) is 12.0. The molecule has 0 bridgehead atoms. The lowest BCUT2D eigenvalue weighted by Crippen LogP contribution is -2.55. The molecule has 1 saturated carbocycles. The number of nitrogens with zero attached hydrogens (tertiary/aromatic N) is 2. The molecule has 1 fully saturated rings. The van der Waals surface area contributed by atoms with Crippen molar-refractivity contribution in [2.24, 2.45) is 5.92 Å². The van der Waals surface area contributed by atoms with E-state index in [0.717, 1.165) is 50.5 Å². The zero-order valence-electron chi connectivity index (χ0n) is 15.5. The summed E-state index contributed by atoms with van der Waals surface area (Å²) in [6, 6.07) is 0. The quantitative estimate of drug-likeness (QED) is 0.293. The highest BCUT2D eigenvalue weighted by Crippen LogP contribution is 2.35. The zero-order valence-corrected chi connectivity index (χ0v) is 15.5. The van der Waals surface area contributed by atoms with E-state index in [1.54, 1.807) is 0 Å². The van der Waals surface area contributed by atoms with Crippen LogP contribution in [0.3, 0.4) is 0 Å². The number of hydrogen-bond donors (Lipinski definition) is 2. The molecule has 4 heteroatoms. The van der Waals surface area contributed by atoms with Crippen molar-refractivity contribution in [3.05, 3.63) is 24.9 Å². The number of allylic oxidation sites excluding steroid dienone is 1. The van der Waals surface area contributed by atoms with Crippen molar-refractivity contribution >= 4 is 0 Å². The molecule has 0 spiro atoms. The smallest absolute Gasteiger partial charge is 0.0931 e. The minimum absolute atomic E-state index is 0.0614. The highest BCUT2D eigenvalue weighted by molar-refractivity contribution is 5.11. The molecule has 0 amide bonds. The van der Waals surface area contributed by atoms with Gasteiger partial charge in [0.1, 0.15) is 0 Å². The SMILES string of the molecule is C=CC(=C)N(C)CC(CC)(CCCNCO)N(CC)CC1CC1. The van der Waals surface area contributed by atoms with E-state index in [2.05, 4.69) is 49.2 Å². The zero-order chi connectivity index (χ0) is 17.3. The largest absolute Gasteiger partial charge is 0.381 e. The van der Waals surface area contributed by atoms with Crippen LogP contribution in [-0.4, -0.2) is 60.4 Å². The van der Waals surface area contributed by atoms with E-state index in [0.29, 0.717) is 0 Å². The summed E-state index contributed by atoms with van der Waals surface area (Å²) >= 11 is 0. The first-order valence-corrected chi connectivity index (χ1v) is 9.12. The van der Waals surface area contributed by atoms with Gasteiger partial charge in [-0.2, -0.15) is 0 Å². The minimum atomic E-state index is 0.0614. The van der Waals surface area contributed by atoms with Gasteiger partial charge in [0.05, 0.1) is 6.73 Å². The third kappa shape index (κ3) is 6.28. The van der Waals surface area contributed by atoms with Crippen LogP contribution in [-0.2, 0) is 0 Å². The number of hydrogen-bond acceptors (Lipinski definition) is 4. The van der Waals surface area contributed by atoms with Crippen LogP contribution in [0, 0.1) is 5.92 Å². The summed E-state index contributed by atoms with van der Waals surface area (Å²) in [6.45, 7) is 16.8. The predicted octanol–water partition coefficient (Wildman–Crippen LogP) is 2.82. The Morgan fingerprint density at radius 1 is 1.39 bits per heavy atom. The second kappa shape index (κ2) is 10.1. The van der Waals surface area contributed by atoms with Crippen LogP contribution in [0.25, 0.3) is 0 Å². The lowest BCUT2D eigenvalue weighted by Gasteiger charge is -2.46. The van der Waals surface area contributed by atoms with Crippen LogP contribution in [0.2, 0.25) is 0 Å². The molecule has 1 atom stereocenters. The van der Waals surface area contributed by atoms with E-state index in [9.17, 15) is 0 Å². The van der Waals surface area contributed by atoms with Crippen molar-refractivity contribution < 1.29 is 5.11 Å². The van der Waals surface area contributed by atoms with Crippen LogP contribution < -0.4 is 5.32 Å². The molecule has 1 unspecified atom stereocenters. The predicted molar refractivity (Wildman–Crippen MR) is 99.3 cm³/mol. The maximum absolute atomic E-state index is 8.93. The highest BCUT2D eigenvalue weighted by Gasteiger charge is 2.38. The Bertz CT molecular complexity index is 368. The molecule has 1 rings (SSSR count).